The number of aliphatic hydroxyl groups is 1. The van der Waals surface area contributed by atoms with Crippen molar-refractivity contribution in [3.05, 3.63) is 54.6 Å². The number of fused-ring (bicyclic) bond motifs is 3. The van der Waals surface area contributed by atoms with Crippen molar-refractivity contribution < 1.29 is 18.3 Å². The lowest BCUT2D eigenvalue weighted by Gasteiger charge is -2.26. The molecule has 9 heteroatoms. The third kappa shape index (κ3) is 3.02. The largest absolute Gasteiger partial charge is 0.394 e. The van der Waals surface area contributed by atoms with E-state index in [0.29, 0.717) is 23.2 Å². The molecular weight excluding hydrogens is 392 g/mol. The Labute approximate surface area is 167 Å². The van der Waals surface area contributed by atoms with Gasteiger partial charge in [0, 0.05) is 17.5 Å². The van der Waals surface area contributed by atoms with Gasteiger partial charge in [0.1, 0.15) is 11.3 Å². The maximum absolute atomic E-state index is 13.0. The second-order valence-electron chi connectivity index (χ2n) is 7.22. The van der Waals surface area contributed by atoms with Gasteiger partial charge in [0.15, 0.2) is 5.65 Å². The van der Waals surface area contributed by atoms with Gasteiger partial charge in [-0.2, -0.15) is 0 Å². The molecule has 4 heterocycles. The van der Waals surface area contributed by atoms with Crippen LogP contribution in [0.5, 0.6) is 0 Å². The molecule has 1 aliphatic rings. The third-order valence-corrected chi connectivity index (χ3v) is 7.09. The zero-order chi connectivity index (χ0) is 20.0. The number of hydrogen-bond acceptors (Lipinski definition) is 6. The quantitative estimate of drug-likeness (QED) is 0.533. The van der Waals surface area contributed by atoms with Crippen LogP contribution in [0.4, 0.5) is 0 Å². The van der Waals surface area contributed by atoms with E-state index in [0.717, 1.165) is 24.2 Å². The van der Waals surface area contributed by atoms with Crippen molar-refractivity contribution in [1.82, 2.24) is 18.9 Å². The minimum absolute atomic E-state index is 0.0286. The van der Waals surface area contributed by atoms with Crippen LogP contribution in [0.2, 0.25) is 0 Å². The first-order valence-corrected chi connectivity index (χ1v) is 10.9. The summed E-state index contributed by atoms with van der Waals surface area (Å²) in [6, 6.07) is 10.0. The lowest BCUT2D eigenvalue weighted by Crippen LogP contribution is -2.27. The number of benzene rings is 1. The summed E-state index contributed by atoms with van der Waals surface area (Å²) in [4.78, 5) is 12.6. The average Bonchev–Trinajstić information content (AvgIpc) is 3.38. The molecule has 0 radical (unpaired) electrons. The summed E-state index contributed by atoms with van der Waals surface area (Å²) in [6.07, 6.45) is 4.67. The molecule has 0 bridgehead atoms. The Hall–Kier alpha value is -2.75. The number of nitrogens with one attached hydrogen (secondary N) is 1. The standard InChI is InChI=1S/C20H20N4O4S/c25-11-14-7-6-13(12-28-14)19-22-17-10-21-20-16(18(17)23-19)8-9-24(20)29(26,27)15-4-2-1-3-5-15/h1-5,8-10,13-14,25H,6-7,11-12H2,(H,22,23). The van der Waals surface area contributed by atoms with E-state index in [-0.39, 0.29) is 23.5 Å². The number of pyridine rings is 1. The van der Waals surface area contributed by atoms with Gasteiger partial charge in [-0.05, 0) is 31.0 Å². The molecule has 0 amide bonds. The van der Waals surface area contributed by atoms with Crippen molar-refractivity contribution in [3.8, 4) is 0 Å². The third-order valence-electron chi connectivity index (χ3n) is 5.41. The SMILES string of the molecule is O=S(=O)(c1ccccc1)n1ccc2c3nc(C4CCC(CO)OC4)[nH]c3cnc21. The highest BCUT2D eigenvalue weighted by atomic mass is 32.2. The molecule has 0 spiro atoms. The van der Waals surface area contributed by atoms with E-state index >= 15 is 0 Å². The van der Waals surface area contributed by atoms with Gasteiger partial charge >= 0.3 is 0 Å². The van der Waals surface area contributed by atoms with E-state index in [1.807, 2.05) is 0 Å². The van der Waals surface area contributed by atoms with Gasteiger partial charge in [-0.15, -0.1) is 0 Å². The number of rotatable bonds is 4. The molecule has 1 aromatic carbocycles. The molecule has 29 heavy (non-hydrogen) atoms. The Morgan fingerprint density at radius 2 is 2.03 bits per heavy atom. The molecule has 8 nitrogen and oxygen atoms in total. The number of hydrogen-bond donors (Lipinski definition) is 2. The number of aromatic nitrogens is 4. The number of ether oxygens (including phenoxy) is 1. The number of aromatic amines is 1. The van der Waals surface area contributed by atoms with Crippen LogP contribution in [0.25, 0.3) is 22.1 Å². The Kier molecular flexibility index (Phi) is 4.38. The van der Waals surface area contributed by atoms with Crippen LogP contribution in [0, 0.1) is 0 Å². The normalized spacial score (nSPS) is 20.4. The fraction of sp³-hybridized carbons (Fsp3) is 0.300. The zero-order valence-corrected chi connectivity index (χ0v) is 16.3. The summed E-state index contributed by atoms with van der Waals surface area (Å²) in [7, 11) is -3.74. The first kappa shape index (κ1) is 18.3. The molecule has 5 rings (SSSR count). The van der Waals surface area contributed by atoms with E-state index < -0.39 is 10.0 Å². The van der Waals surface area contributed by atoms with Crippen LogP contribution in [0.15, 0.2) is 53.7 Å². The Morgan fingerprint density at radius 1 is 1.21 bits per heavy atom. The molecule has 150 valence electrons. The number of aliphatic hydroxyl groups excluding tert-OH is 1. The molecule has 1 saturated heterocycles. The molecule has 4 aromatic rings. The minimum Gasteiger partial charge on any atom is -0.394 e. The second kappa shape index (κ2) is 6.94. The summed E-state index contributed by atoms with van der Waals surface area (Å²) < 4.78 is 32.9. The van der Waals surface area contributed by atoms with Crippen LogP contribution in [-0.4, -0.2) is 51.8 Å². The van der Waals surface area contributed by atoms with Gasteiger partial charge < -0.3 is 14.8 Å². The van der Waals surface area contributed by atoms with Crippen molar-refractivity contribution in [1.29, 1.82) is 0 Å². The van der Waals surface area contributed by atoms with Crippen molar-refractivity contribution in [2.75, 3.05) is 13.2 Å². The maximum Gasteiger partial charge on any atom is 0.269 e. The van der Waals surface area contributed by atoms with Crippen molar-refractivity contribution in [2.24, 2.45) is 0 Å². The highest BCUT2D eigenvalue weighted by Gasteiger charge is 2.26. The van der Waals surface area contributed by atoms with Crippen LogP contribution in [0.3, 0.4) is 0 Å². The molecule has 3 aromatic heterocycles. The van der Waals surface area contributed by atoms with Crippen LogP contribution in [-0.2, 0) is 14.8 Å². The molecular formula is C20H20N4O4S. The lowest BCUT2D eigenvalue weighted by atomic mass is 9.98. The molecule has 0 saturated carbocycles. The number of nitrogens with zero attached hydrogens (tertiary/aromatic N) is 3. The van der Waals surface area contributed by atoms with Crippen molar-refractivity contribution in [2.45, 2.75) is 29.8 Å². The Morgan fingerprint density at radius 3 is 2.76 bits per heavy atom. The van der Waals surface area contributed by atoms with Gasteiger partial charge in [0.2, 0.25) is 0 Å². The molecule has 1 fully saturated rings. The average molecular weight is 412 g/mol. The first-order valence-electron chi connectivity index (χ1n) is 9.46. The van der Waals surface area contributed by atoms with Crippen LogP contribution >= 0.6 is 0 Å². The summed E-state index contributed by atoms with van der Waals surface area (Å²) in [5, 5.41) is 9.90. The number of H-pyrrole nitrogens is 1. The molecule has 2 N–H and O–H groups in total. The van der Waals surface area contributed by atoms with Crippen molar-refractivity contribution in [3.63, 3.8) is 0 Å². The van der Waals surface area contributed by atoms with E-state index in [1.165, 1.54) is 10.2 Å². The van der Waals surface area contributed by atoms with Gasteiger partial charge in [-0.1, -0.05) is 18.2 Å². The minimum atomic E-state index is -3.74. The monoisotopic (exact) mass is 412 g/mol. The van der Waals surface area contributed by atoms with Crippen LogP contribution < -0.4 is 0 Å². The predicted molar refractivity (Wildman–Crippen MR) is 107 cm³/mol. The zero-order valence-electron chi connectivity index (χ0n) is 15.5. The van der Waals surface area contributed by atoms with E-state index in [1.54, 1.807) is 42.6 Å². The molecule has 1 aliphatic heterocycles. The summed E-state index contributed by atoms with van der Waals surface area (Å²) in [6.45, 7) is 0.520. The van der Waals surface area contributed by atoms with E-state index in [9.17, 15) is 13.5 Å². The number of imidazole rings is 1. The van der Waals surface area contributed by atoms with Crippen LogP contribution in [0.1, 0.15) is 24.6 Å². The summed E-state index contributed by atoms with van der Waals surface area (Å²) >= 11 is 0. The molecule has 2 atom stereocenters. The smallest absolute Gasteiger partial charge is 0.269 e. The molecule has 0 aliphatic carbocycles. The highest BCUT2D eigenvalue weighted by Crippen LogP contribution is 2.31. The fourth-order valence-electron chi connectivity index (χ4n) is 3.81. The lowest BCUT2D eigenvalue weighted by molar-refractivity contribution is -0.0280. The summed E-state index contributed by atoms with van der Waals surface area (Å²) in [5.41, 5.74) is 1.79. The summed E-state index contributed by atoms with van der Waals surface area (Å²) in [5.74, 6) is 0.903. The highest BCUT2D eigenvalue weighted by molar-refractivity contribution is 7.90. The Bertz CT molecular complexity index is 1270. The van der Waals surface area contributed by atoms with E-state index in [2.05, 4.69) is 9.97 Å². The van der Waals surface area contributed by atoms with Gasteiger partial charge in [0.25, 0.3) is 10.0 Å². The van der Waals surface area contributed by atoms with E-state index in [4.69, 9.17) is 9.72 Å². The maximum atomic E-state index is 13.0. The van der Waals surface area contributed by atoms with Gasteiger partial charge in [-0.25, -0.2) is 22.4 Å². The molecule has 2 unspecified atom stereocenters. The first-order chi connectivity index (χ1) is 14.1. The topological polar surface area (TPSA) is 110 Å². The van der Waals surface area contributed by atoms with Crippen molar-refractivity contribution >= 4 is 32.1 Å². The Balaban J connectivity index is 1.56. The second-order valence-corrected chi connectivity index (χ2v) is 9.04. The van der Waals surface area contributed by atoms with Gasteiger partial charge in [-0.3, -0.25) is 0 Å². The van der Waals surface area contributed by atoms with Gasteiger partial charge in [0.05, 0.1) is 35.9 Å². The fourth-order valence-corrected chi connectivity index (χ4v) is 5.13. The predicted octanol–water partition coefficient (Wildman–Crippen LogP) is 2.40.